The first-order valence-electron chi connectivity index (χ1n) is 8.39. The molecule has 30 heavy (non-hydrogen) atoms. The third-order valence-corrected chi connectivity index (χ3v) is 4.18. The van der Waals surface area contributed by atoms with Crippen molar-refractivity contribution in [2.24, 2.45) is 0 Å². The van der Waals surface area contributed by atoms with E-state index in [0.29, 0.717) is 0 Å². The maximum absolute atomic E-state index is 12.9. The van der Waals surface area contributed by atoms with E-state index in [1.165, 1.54) is 42.9 Å². The molecule has 0 bridgehead atoms. The van der Waals surface area contributed by atoms with Crippen molar-refractivity contribution in [3.05, 3.63) is 87.1 Å². The van der Waals surface area contributed by atoms with Crippen molar-refractivity contribution >= 4 is 22.8 Å². The molecule has 1 N–H and O–H groups in total. The fraction of sp³-hybridized carbons (Fsp3) is 0.0556. The highest BCUT2D eigenvalue weighted by Gasteiger charge is 2.30. The lowest BCUT2D eigenvalue weighted by molar-refractivity contribution is -0.385. The zero-order valence-corrected chi connectivity index (χ0v) is 14.9. The topological polar surface area (TPSA) is 107 Å². The summed E-state index contributed by atoms with van der Waals surface area (Å²) in [7, 11) is 0. The van der Waals surface area contributed by atoms with Crippen LogP contribution in [0, 0.1) is 10.1 Å². The number of anilines is 2. The number of rotatable bonds is 4. The average Bonchev–Trinajstić information content (AvgIpc) is 3.16. The monoisotopic (exact) mass is 416 g/mol. The van der Waals surface area contributed by atoms with Gasteiger partial charge in [0.05, 0.1) is 34.3 Å². The second-order valence-corrected chi connectivity index (χ2v) is 6.15. The fourth-order valence-electron chi connectivity index (χ4n) is 2.82. The summed E-state index contributed by atoms with van der Waals surface area (Å²) in [5.74, 6) is -0.306. The molecule has 4 rings (SSSR count). The lowest BCUT2D eigenvalue weighted by Gasteiger charge is -2.08. The quantitative estimate of drug-likeness (QED) is 0.403. The highest BCUT2D eigenvalue weighted by atomic mass is 19.4. The molecular formula is C18H11F3N6O3. The first kappa shape index (κ1) is 19.1. The van der Waals surface area contributed by atoms with Gasteiger partial charge < -0.3 is 5.32 Å². The molecule has 0 aliphatic heterocycles. The largest absolute Gasteiger partial charge is 0.416 e. The van der Waals surface area contributed by atoms with Crippen LogP contribution in [0.4, 0.5) is 30.4 Å². The molecular weight excluding hydrogens is 405 g/mol. The Balaban J connectivity index is 1.73. The van der Waals surface area contributed by atoms with Crippen molar-refractivity contribution in [2.75, 3.05) is 5.32 Å². The predicted molar refractivity (Wildman–Crippen MR) is 100.0 cm³/mol. The number of benzene rings is 1. The highest BCUT2D eigenvalue weighted by molar-refractivity contribution is 5.67. The molecule has 0 amide bonds. The molecule has 9 nitrogen and oxygen atoms in total. The summed E-state index contributed by atoms with van der Waals surface area (Å²) in [5, 5.41) is 18.0. The SMILES string of the molecule is O=c1c([N+](=O)[O-])c(Nc2cnn(-c3cccc(C(F)(F)F)c3)c2)nc2ccccn12. The second kappa shape index (κ2) is 6.99. The number of nitro groups is 1. The van der Waals surface area contributed by atoms with Crippen LogP contribution in [0.15, 0.2) is 65.8 Å². The summed E-state index contributed by atoms with van der Waals surface area (Å²) in [4.78, 5) is 27.1. The number of hydrogen-bond acceptors (Lipinski definition) is 6. The number of aromatic nitrogens is 4. The molecule has 0 aliphatic carbocycles. The zero-order valence-electron chi connectivity index (χ0n) is 14.9. The Bertz CT molecular complexity index is 1330. The van der Waals surface area contributed by atoms with Crippen LogP contribution in [0.3, 0.4) is 0 Å². The van der Waals surface area contributed by atoms with Gasteiger partial charge >= 0.3 is 17.4 Å². The maximum Gasteiger partial charge on any atom is 0.416 e. The summed E-state index contributed by atoms with van der Waals surface area (Å²) in [6.45, 7) is 0. The first-order chi connectivity index (χ1) is 14.2. The van der Waals surface area contributed by atoms with E-state index in [2.05, 4.69) is 15.4 Å². The second-order valence-electron chi connectivity index (χ2n) is 6.15. The average molecular weight is 416 g/mol. The van der Waals surface area contributed by atoms with Crippen molar-refractivity contribution in [1.29, 1.82) is 0 Å². The van der Waals surface area contributed by atoms with E-state index >= 15 is 0 Å². The molecule has 0 radical (unpaired) electrons. The van der Waals surface area contributed by atoms with Crippen LogP contribution in [0.1, 0.15) is 5.56 Å². The van der Waals surface area contributed by atoms with Crippen molar-refractivity contribution in [3.8, 4) is 5.69 Å². The Morgan fingerprint density at radius 1 is 1.13 bits per heavy atom. The van der Waals surface area contributed by atoms with Gasteiger partial charge in [-0.1, -0.05) is 12.1 Å². The van der Waals surface area contributed by atoms with Crippen molar-refractivity contribution in [1.82, 2.24) is 19.2 Å². The van der Waals surface area contributed by atoms with Gasteiger partial charge in [-0.25, -0.2) is 9.67 Å². The number of halogens is 3. The number of nitrogens with one attached hydrogen (secondary N) is 1. The van der Waals surface area contributed by atoms with Crippen LogP contribution in [0.5, 0.6) is 0 Å². The van der Waals surface area contributed by atoms with Crippen LogP contribution >= 0.6 is 0 Å². The molecule has 0 saturated carbocycles. The number of fused-ring (bicyclic) bond motifs is 1. The Hall–Kier alpha value is -4.22. The smallest absolute Gasteiger partial charge is 0.332 e. The normalized spacial score (nSPS) is 11.6. The molecule has 0 unspecified atom stereocenters. The lowest BCUT2D eigenvalue weighted by atomic mass is 10.2. The molecule has 0 atom stereocenters. The highest BCUT2D eigenvalue weighted by Crippen LogP contribution is 2.30. The minimum absolute atomic E-state index is 0.138. The molecule has 3 heterocycles. The van der Waals surface area contributed by atoms with Gasteiger partial charge in [0.2, 0.25) is 5.82 Å². The summed E-state index contributed by atoms with van der Waals surface area (Å²) < 4.78 is 40.9. The standard InChI is InChI=1S/C18H11F3N6O3/c19-18(20,21)11-4-3-5-13(8-11)26-10-12(9-22-26)23-16-15(27(29)30)17(28)25-7-2-1-6-14(25)24-16/h1-10,23H. The molecule has 152 valence electrons. The molecule has 0 saturated heterocycles. The van der Waals surface area contributed by atoms with E-state index in [4.69, 9.17) is 0 Å². The Kier molecular flexibility index (Phi) is 4.45. The van der Waals surface area contributed by atoms with Crippen LogP contribution < -0.4 is 10.9 Å². The van der Waals surface area contributed by atoms with Gasteiger partial charge in [-0.3, -0.25) is 19.3 Å². The number of alkyl halides is 3. The molecule has 0 spiro atoms. The minimum atomic E-state index is -4.51. The Morgan fingerprint density at radius 3 is 2.67 bits per heavy atom. The van der Waals surface area contributed by atoms with Crippen molar-refractivity contribution in [3.63, 3.8) is 0 Å². The summed E-state index contributed by atoms with van der Waals surface area (Å²) in [5.41, 5.74) is -1.98. The van der Waals surface area contributed by atoms with Gasteiger partial charge in [0, 0.05) is 6.20 Å². The van der Waals surface area contributed by atoms with Gasteiger partial charge in [-0.2, -0.15) is 18.3 Å². The molecule has 1 aromatic carbocycles. The van der Waals surface area contributed by atoms with Crippen LogP contribution in [-0.4, -0.2) is 24.1 Å². The Labute approximate surface area is 165 Å². The van der Waals surface area contributed by atoms with Gasteiger partial charge in [-0.05, 0) is 30.3 Å². The molecule has 0 aliphatic rings. The zero-order chi connectivity index (χ0) is 21.5. The molecule has 4 aromatic rings. The summed E-state index contributed by atoms with van der Waals surface area (Å²) in [6, 6.07) is 9.16. The van der Waals surface area contributed by atoms with E-state index < -0.39 is 27.9 Å². The predicted octanol–water partition coefficient (Wildman–Crippen LogP) is 3.55. The van der Waals surface area contributed by atoms with Gasteiger partial charge in [0.25, 0.3) is 0 Å². The minimum Gasteiger partial charge on any atom is -0.332 e. The van der Waals surface area contributed by atoms with Crippen molar-refractivity contribution < 1.29 is 18.1 Å². The first-order valence-corrected chi connectivity index (χ1v) is 8.39. The van der Waals surface area contributed by atoms with E-state index in [-0.39, 0.29) is 22.8 Å². The molecule has 12 heteroatoms. The van der Waals surface area contributed by atoms with Gasteiger partial charge in [0.1, 0.15) is 5.65 Å². The number of nitrogens with zero attached hydrogens (tertiary/aromatic N) is 5. The third kappa shape index (κ3) is 3.45. The van der Waals surface area contributed by atoms with Crippen LogP contribution in [0.2, 0.25) is 0 Å². The summed E-state index contributed by atoms with van der Waals surface area (Å²) in [6.07, 6.45) is -0.582. The number of hydrogen-bond donors (Lipinski definition) is 1. The number of pyridine rings is 1. The molecule has 3 aromatic heterocycles. The van der Waals surface area contributed by atoms with Gasteiger partial charge in [0.15, 0.2) is 0 Å². The van der Waals surface area contributed by atoms with E-state index in [1.54, 1.807) is 6.07 Å². The molecule has 0 fully saturated rings. The summed E-state index contributed by atoms with van der Waals surface area (Å²) >= 11 is 0. The Morgan fingerprint density at radius 2 is 1.93 bits per heavy atom. The third-order valence-electron chi connectivity index (χ3n) is 4.18. The van der Waals surface area contributed by atoms with Crippen LogP contribution in [0.25, 0.3) is 11.3 Å². The van der Waals surface area contributed by atoms with E-state index in [9.17, 15) is 28.1 Å². The maximum atomic E-state index is 12.9. The van der Waals surface area contributed by atoms with Crippen molar-refractivity contribution in [2.45, 2.75) is 6.18 Å². The van der Waals surface area contributed by atoms with Crippen LogP contribution in [-0.2, 0) is 6.18 Å². The fourth-order valence-corrected chi connectivity index (χ4v) is 2.82. The van der Waals surface area contributed by atoms with E-state index in [0.717, 1.165) is 21.2 Å². The van der Waals surface area contributed by atoms with E-state index in [1.807, 2.05) is 0 Å². The lowest BCUT2D eigenvalue weighted by Crippen LogP contribution is -2.20. The van der Waals surface area contributed by atoms with Gasteiger partial charge in [-0.15, -0.1) is 0 Å².